The maximum Gasteiger partial charge on any atom is 0.249 e. The molecule has 0 radical (unpaired) electrons. The second kappa shape index (κ2) is 15.5. The zero-order valence-electron chi connectivity index (χ0n) is 26.5. The second-order valence-electron chi connectivity index (χ2n) is 12.1. The molecule has 45 heavy (non-hydrogen) atoms. The number of aryl methyl sites for hydroxylation is 1. The number of nitrogens with two attached hydrogens (primary N) is 1. The van der Waals surface area contributed by atoms with E-state index in [4.69, 9.17) is 10.5 Å². The summed E-state index contributed by atoms with van der Waals surface area (Å²) in [5.74, 6) is -1.04. The van der Waals surface area contributed by atoms with Crippen LogP contribution in [0.5, 0.6) is 0 Å². The minimum absolute atomic E-state index is 0.0271. The van der Waals surface area contributed by atoms with Crippen LogP contribution in [0, 0.1) is 0 Å². The van der Waals surface area contributed by atoms with Gasteiger partial charge in [-0.15, -0.1) is 0 Å². The molecule has 1 unspecified atom stereocenters. The average molecular weight is 613 g/mol. The molecule has 238 valence electrons. The van der Waals surface area contributed by atoms with E-state index >= 15 is 0 Å². The van der Waals surface area contributed by atoms with Gasteiger partial charge in [0, 0.05) is 26.8 Å². The number of aromatic nitrogens is 2. The van der Waals surface area contributed by atoms with E-state index in [0.29, 0.717) is 25.3 Å². The molecule has 1 aromatic heterocycles. The number of amides is 3. The molecule has 2 atom stereocenters. The van der Waals surface area contributed by atoms with Crippen LogP contribution < -0.4 is 16.4 Å². The van der Waals surface area contributed by atoms with Crippen molar-refractivity contribution in [1.29, 1.82) is 0 Å². The molecular formula is C35H44N6O4. The summed E-state index contributed by atoms with van der Waals surface area (Å²) in [6.45, 7) is 4.05. The Morgan fingerprint density at radius 3 is 2.40 bits per heavy atom. The zero-order valence-corrected chi connectivity index (χ0v) is 26.5. The van der Waals surface area contributed by atoms with Gasteiger partial charge in [0.1, 0.15) is 6.04 Å². The van der Waals surface area contributed by atoms with Gasteiger partial charge in [0.15, 0.2) is 0 Å². The number of fused-ring (bicyclic) bond motifs is 1. The van der Waals surface area contributed by atoms with Crippen molar-refractivity contribution in [3.05, 3.63) is 96.3 Å². The number of ether oxygens (including phenoxy) is 1. The molecule has 3 amide bonds. The second-order valence-corrected chi connectivity index (χ2v) is 12.1. The fourth-order valence-corrected chi connectivity index (χ4v) is 4.97. The lowest BCUT2D eigenvalue weighted by atomic mass is 9.90. The lowest BCUT2D eigenvalue weighted by Crippen LogP contribution is -2.56. The Morgan fingerprint density at radius 1 is 0.978 bits per heavy atom. The van der Waals surface area contributed by atoms with Crippen molar-refractivity contribution >= 4 is 34.2 Å². The summed E-state index contributed by atoms with van der Waals surface area (Å²) < 4.78 is 7.53. The van der Waals surface area contributed by atoms with Crippen molar-refractivity contribution in [2.75, 3.05) is 26.0 Å². The average Bonchev–Trinajstić information content (AvgIpc) is 3.46. The molecule has 0 saturated carbocycles. The summed E-state index contributed by atoms with van der Waals surface area (Å²) in [4.78, 5) is 40.5. The van der Waals surface area contributed by atoms with Gasteiger partial charge in [-0.2, -0.15) is 5.10 Å². The SMILES string of the molecule is CN(C)C(=O)C(CCCCn1cc(NC(=O)[C@@H](COCc2ccccc2)NC(=O)C(C)(C)N)cn1)c1ccc2ccccc2c1. The Bertz CT molecular complexity index is 1580. The molecule has 4 rings (SSSR count). The molecule has 4 N–H and O–H groups in total. The van der Waals surface area contributed by atoms with Gasteiger partial charge in [-0.1, -0.05) is 79.2 Å². The highest BCUT2D eigenvalue weighted by molar-refractivity contribution is 5.98. The number of nitrogens with zero attached hydrogens (tertiary/aromatic N) is 3. The Labute approximate surface area is 264 Å². The lowest BCUT2D eigenvalue weighted by molar-refractivity contribution is -0.130. The largest absolute Gasteiger partial charge is 0.374 e. The first-order valence-corrected chi connectivity index (χ1v) is 15.3. The molecule has 4 aromatic rings. The first-order chi connectivity index (χ1) is 21.5. The van der Waals surface area contributed by atoms with Crippen LogP contribution in [-0.2, 0) is 32.3 Å². The number of likely N-dealkylation sites (N-methyl/N-ethyl adjacent to an activating group) is 1. The summed E-state index contributed by atoms with van der Waals surface area (Å²) >= 11 is 0. The molecule has 1 heterocycles. The zero-order chi connectivity index (χ0) is 32.4. The summed E-state index contributed by atoms with van der Waals surface area (Å²) in [6, 6.07) is 23.0. The fourth-order valence-electron chi connectivity index (χ4n) is 4.97. The highest BCUT2D eigenvalue weighted by Crippen LogP contribution is 2.27. The van der Waals surface area contributed by atoms with Gasteiger partial charge in [0.05, 0.1) is 36.6 Å². The van der Waals surface area contributed by atoms with Crippen LogP contribution in [0.1, 0.15) is 50.2 Å². The van der Waals surface area contributed by atoms with Crippen molar-refractivity contribution in [3.63, 3.8) is 0 Å². The predicted octanol–water partition coefficient (Wildman–Crippen LogP) is 4.46. The first kappa shape index (κ1) is 33.4. The van der Waals surface area contributed by atoms with Crippen LogP contribution in [0.25, 0.3) is 10.8 Å². The minimum Gasteiger partial charge on any atom is -0.374 e. The van der Waals surface area contributed by atoms with Crippen LogP contribution in [0.2, 0.25) is 0 Å². The standard InChI is InChI=1S/C35H44N6O4/c1-35(2,36)34(44)39-31(24-45-23-25-12-6-5-7-13-25)32(42)38-29-21-37-41(22-29)19-11-10-16-30(33(43)40(3)4)28-18-17-26-14-8-9-15-27(26)20-28/h5-9,12-15,17-18,20-22,30-31H,10-11,16,19,23-24,36H2,1-4H3,(H,38,42)(H,39,44)/t30?,31-/m1/s1. The molecule has 0 aliphatic carbocycles. The van der Waals surface area contributed by atoms with Crippen molar-refractivity contribution in [1.82, 2.24) is 20.0 Å². The number of rotatable bonds is 15. The third kappa shape index (κ3) is 9.72. The van der Waals surface area contributed by atoms with Gasteiger partial charge in [0.25, 0.3) is 0 Å². The molecule has 3 aromatic carbocycles. The van der Waals surface area contributed by atoms with Crippen molar-refractivity contribution in [2.45, 2.75) is 63.8 Å². The van der Waals surface area contributed by atoms with Gasteiger partial charge < -0.3 is 26.0 Å². The Kier molecular flexibility index (Phi) is 11.5. The van der Waals surface area contributed by atoms with E-state index in [1.807, 2.05) is 48.5 Å². The minimum atomic E-state index is -1.16. The molecule has 0 spiro atoms. The third-order valence-electron chi connectivity index (χ3n) is 7.55. The third-order valence-corrected chi connectivity index (χ3v) is 7.55. The van der Waals surface area contributed by atoms with Crippen LogP contribution in [0.3, 0.4) is 0 Å². The molecule has 0 fully saturated rings. The number of hydrogen-bond acceptors (Lipinski definition) is 6. The predicted molar refractivity (Wildman–Crippen MR) is 176 cm³/mol. The number of carbonyl (C=O) groups is 3. The van der Waals surface area contributed by atoms with Crippen molar-refractivity contribution in [2.24, 2.45) is 5.73 Å². The molecule has 0 bridgehead atoms. The van der Waals surface area contributed by atoms with Crippen LogP contribution >= 0.6 is 0 Å². The Hall–Kier alpha value is -4.54. The quantitative estimate of drug-likeness (QED) is 0.170. The van der Waals surface area contributed by atoms with Gasteiger partial charge in [-0.3, -0.25) is 19.1 Å². The molecule has 0 aliphatic heterocycles. The maximum atomic E-state index is 13.2. The maximum absolute atomic E-state index is 13.2. The number of hydrogen-bond donors (Lipinski definition) is 3. The smallest absolute Gasteiger partial charge is 0.249 e. The van der Waals surface area contributed by atoms with Gasteiger partial charge in [-0.25, -0.2) is 0 Å². The first-order valence-electron chi connectivity index (χ1n) is 15.3. The molecule has 0 saturated heterocycles. The number of benzene rings is 3. The van der Waals surface area contributed by atoms with Gasteiger partial charge in [0.2, 0.25) is 17.7 Å². The van der Waals surface area contributed by atoms with E-state index in [-0.39, 0.29) is 18.4 Å². The highest BCUT2D eigenvalue weighted by Gasteiger charge is 2.28. The molecular weight excluding hydrogens is 568 g/mol. The van der Waals surface area contributed by atoms with Crippen LogP contribution in [-0.4, -0.2) is 64.7 Å². The highest BCUT2D eigenvalue weighted by atomic mass is 16.5. The summed E-state index contributed by atoms with van der Waals surface area (Å²) in [6.07, 6.45) is 5.65. The Balaban J connectivity index is 1.32. The number of nitrogens with one attached hydrogen (secondary N) is 2. The number of carbonyl (C=O) groups excluding carboxylic acids is 3. The summed E-state index contributed by atoms with van der Waals surface area (Å²) in [5, 5.41) is 12.2. The van der Waals surface area contributed by atoms with Gasteiger partial charge >= 0.3 is 0 Å². The van der Waals surface area contributed by atoms with E-state index in [9.17, 15) is 14.4 Å². The van der Waals surface area contributed by atoms with E-state index in [0.717, 1.165) is 34.7 Å². The van der Waals surface area contributed by atoms with Crippen molar-refractivity contribution in [3.8, 4) is 0 Å². The lowest BCUT2D eigenvalue weighted by Gasteiger charge is -2.23. The molecule has 0 aliphatic rings. The van der Waals surface area contributed by atoms with E-state index in [1.165, 1.54) is 0 Å². The summed E-state index contributed by atoms with van der Waals surface area (Å²) in [7, 11) is 3.58. The van der Waals surface area contributed by atoms with E-state index in [1.54, 1.807) is 49.9 Å². The topological polar surface area (TPSA) is 132 Å². The summed E-state index contributed by atoms with van der Waals surface area (Å²) in [5.41, 5.74) is 7.27. The van der Waals surface area contributed by atoms with Crippen molar-refractivity contribution < 1.29 is 19.1 Å². The number of unbranched alkanes of at least 4 members (excludes halogenated alkanes) is 1. The monoisotopic (exact) mass is 612 g/mol. The number of anilines is 1. The van der Waals surface area contributed by atoms with Crippen LogP contribution in [0.15, 0.2) is 85.2 Å². The fraction of sp³-hybridized carbons (Fsp3) is 0.371. The van der Waals surface area contributed by atoms with E-state index < -0.39 is 23.4 Å². The Morgan fingerprint density at radius 2 is 1.69 bits per heavy atom. The molecule has 10 heteroatoms. The van der Waals surface area contributed by atoms with E-state index in [2.05, 4.69) is 40.0 Å². The van der Waals surface area contributed by atoms with Crippen LogP contribution in [0.4, 0.5) is 5.69 Å². The van der Waals surface area contributed by atoms with Gasteiger partial charge in [-0.05, 0) is 48.6 Å². The molecule has 10 nitrogen and oxygen atoms in total. The normalized spacial score (nSPS) is 12.8.